The molecule has 66 valence electrons. The molecule has 0 aliphatic heterocycles. The van der Waals surface area contributed by atoms with Gasteiger partial charge in [0.2, 0.25) is 0 Å². The first-order valence-electron chi connectivity index (χ1n) is 3.69. The molecule has 0 saturated carbocycles. The molecule has 0 aliphatic rings. The lowest BCUT2D eigenvalue weighted by Crippen LogP contribution is -2.17. The Hall–Kier alpha value is -0.380. The van der Waals surface area contributed by atoms with Gasteiger partial charge in [-0.2, -0.15) is 0 Å². The first kappa shape index (κ1) is 10.6. The number of hydrogen-bond acceptors (Lipinski definition) is 2. The number of amidine groups is 1. The Bertz CT molecular complexity index is 168. The molecule has 2 unspecified atom stereocenters. The summed E-state index contributed by atoms with van der Waals surface area (Å²) in [6, 6.07) is 0. The highest BCUT2D eigenvalue weighted by Crippen LogP contribution is 1.93. The summed E-state index contributed by atoms with van der Waals surface area (Å²) in [5.74, 6) is 0.641. The molecule has 0 amide bonds. The molecule has 0 bridgehead atoms. The summed E-state index contributed by atoms with van der Waals surface area (Å²) in [6.07, 6.45) is 2.45. The number of rotatable bonds is 4. The maximum atomic E-state index is 10.8. The van der Waals surface area contributed by atoms with E-state index in [2.05, 4.69) is 4.99 Å². The Labute approximate surface area is 70.5 Å². The predicted octanol–water partition coefficient (Wildman–Crippen LogP) is 0.521. The third kappa shape index (κ3) is 4.95. The first-order valence-corrected chi connectivity index (χ1v) is 5.31. The Morgan fingerprint density at radius 3 is 2.64 bits per heavy atom. The Morgan fingerprint density at radius 2 is 2.27 bits per heavy atom. The van der Waals surface area contributed by atoms with E-state index in [1.165, 1.54) is 0 Å². The summed E-state index contributed by atoms with van der Waals surface area (Å²) in [5.41, 5.74) is 5.47. The maximum absolute atomic E-state index is 10.8. The molecule has 11 heavy (non-hydrogen) atoms. The molecule has 2 N–H and O–H groups in total. The van der Waals surface area contributed by atoms with Crippen molar-refractivity contribution in [2.24, 2.45) is 10.7 Å². The van der Waals surface area contributed by atoms with Crippen LogP contribution >= 0.6 is 0 Å². The van der Waals surface area contributed by atoms with Crippen LogP contribution in [-0.4, -0.2) is 28.1 Å². The molecule has 4 heteroatoms. The summed E-state index contributed by atoms with van der Waals surface area (Å²) in [5, 5.41) is 0.111. The van der Waals surface area contributed by atoms with E-state index in [1.54, 1.807) is 6.26 Å². The highest BCUT2D eigenvalue weighted by atomic mass is 32.2. The summed E-state index contributed by atoms with van der Waals surface area (Å²) in [7, 11) is -0.791. The van der Waals surface area contributed by atoms with Gasteiger partial charge in [0.15, 0.2) is 0 Å². The maximum Gasteiger partial charge on any atom is 0.0934 e. The molecule has 0 aromatic rings. The predicted molar refractivity (Wildman–Crippen MR) is 50.3 cm³/mol. The van der Waals surface area contributed by atoms with Crippen molar-refractivity contribution in [2.45, 2.75) is 25.5 Å². The zero-order valence-electron chi connectivity index (χ0n) is 7.33. The third-order valence-electron chi connectivity index (χ3n) is 1.48. The third-order valence-corrected chi connectivity index (χ3v) is 2.76. The molecule has 0 heterocycles. The normalized spacial score (nSPS) is 17.9. The van der Waals surface area contributed by atoms with E-state index in [9.17, 15) is 4.21 Å². The Morgan fingerprint density at radius 1 is 1.73 bits per heavy atom. The first-order chi connectivity index (χ1) is 5.07. The second-order valence-corrected chi connectivity index (χ2v) is 4.30. The van der Waals surface area contributed by atoms with Crippen molar-refractivity contribution < 1.29 is 4.21 Å². The van der Waals surface area contributed by atoms with Crippen LogP contribution in [0.25, 0.3) is 0 Å². The minimum atomic E-state index is -0.791. The van der Waals surface area contributed by atoms with E-state index in [0.717, 1.165) is 6.42 Å². The second-order valence-electron chi connectivity index (χ2n) is 2.49. The quantitative estimate of drug-likeness (QED) is 0.501. The summed E-state index contributed by atoms with van der Waals surface area (Å²) < 4.78 is 10.8. The van der Waals surface area contributed by atoms with Crippen LogP contribution in [-0.2, 0) is 10.8 Å². The van der Waals surface area contributed by atoms with Crippen LogP contribution in [0.4, 0.5) is 0 Å². The number of nitrogens with two attached hydrogens (primary N) is 1. The van der Waals surface area contributed by atoms with E-state index < -0.39 is 10.8 Å². The number of nitrogens with zero attached hydrogens (tertiary/aromatic N) is 1. The van der Waals surface area contributed by atoms with Crippen LogP contribution < -0.4 is 5.73 Å². The Kier molecular flexibility index (Phi) is 5.11. The van der Waals surface area contributed by atoms with Crippen LogP contribution in [0.1, 0.15) is 20.3 Å². The van der Waals surface area contributed by atoms with E-state index in [4.69, 9.17) is 5.73 Å². The van der Waals surface area contributed by atoms with Gasteiger partial charge in [-0.15, -0.1) is 0 Å². The molecule has 3 nitrogen and oxygen atoms in total. The highest BCUT2D eigenvalue weighted by Gasteiger charge is 2.03. The minimum absolute atomic E-state index is 0.111. The van der Waals surface area contributed by atoms with Crippen molar-refractivity contribution in [2.75, 3.05) is 12.8 Å². The lowest BCUT2D eigenvalue weighted by molar-refractivity contribution is 0.677. The summed E-state index contributed by atoms with van der Waals surface area (Å²) in [6.45, 7) is 4.43. The van der Waals surface area contributed by atoms with Gasteiger partial charge in [0.25, 0.3) is 0 Å². The zero-order valence-corrected chi connectivity index (χ0v) is 8.15. The zero-order chi connectivity index (χ0) is 8.85. The average Bonchev–Trinajstić information content (AvgIpc) is 1.99. The smallest absolute Gasteiger partial charge is 0.0934 e. The van der Waals surface area contributed by atoms with Gasteiger partial charge in [0.05, 0.1) is 17.6 Å². The van der Waals surface area contributed by atoms with Crippen molar-refractivity contribution in [3.63, 3.8) is 0 Å². The van der Waals surface area contributed by atoms with Crippen LogP contribution in [0.3, 0.4) is 0 Å². The fourth-order valence-corrected chi connectivity index (χ4v) is 0.747. The van der Waals surface area contributed by atoms with Crippen molar-refractivity contribution in [3.8, 4) is 0 Å². The molecule has 0 radical (unpaired) electrons. The van der Waals surface area contributed by atoms with E-state index >= 15 is 0 Å². The molecule has 0 rings (SSSR count). The van der Waals surface area contributed by atoms with E-state index in [0.29, 0.717) is 12.4 Å². The molecule has 0 aromatic heterocycles. The van der Waals surface area contributed by atoms with Gasteiger partial charge in [-0.25, -0.2) is 0 Å². The van der Waals surface area contributed by atoms with Crippen molar-refractivity contribution in [3.05, 3.63) is 0 Å². The summed E-state index contributed by atoms with van der Waals surface area (Å²) >= 11 is 0. The minimum Gasteiger partial charge on any atom is -0.387 e. The van der Waals surface area contributed by atoms with Crippen molar-refractivity contribution in [1.29, 1.82) is 0 Å². The number of aliphatic imine (C=N–C) groups is 1. The van der Waals surface area contributed by atoms with Crippen LogP contribution in [0.15, 0.2) is 4.99 Å². The van der Waals surface area contributed by atoms with Crippen LogP contribution in [0.2, 0.25) is 0 Å². The van der Waals surface area contributed by atoms with Gasteiger partial charge in [0, 0.05) is 23.5 Å². The molecule has 0 fully saturated rings. The summed E-state index contributed by atoms with van der Waals surface area (Å²) in [4.78, 5) is 4.07. The lowest BCUT2D eigenvalue weighted by atomic mass is 10.4. The topological polar surface area (TPSA) is 55.4 Å². The standard InChI is InChI=1S/C7H16N2OS/c1-4-7(8)9-5-6(2)11(3)10/h6H,4-5H2,1-3H3,(H2,8,9). The molecular formula is C7H16N2OS. The highest BCUT2D eigenvalue weighted by molar-refractivity contribution is 7.84. The van der Waals surface area contributed by atoms with Crippen molar-refractivity contribution in [1.82, 2.24) is 0 Å². The molecule has 0 spiro atoms. The molecule has 0 aliphatic carbocycles. The van der Waals surface area contributed by atoms with Gasteiger partial charge in [-0.05, 0) is 6.92 Å². The van der Waals surface area contributed by atoms with E-state index in [1.807, 2.05) is 13.8 Å². The van der Waals surface area contributed by atoms with Gasteiger partial charge in [-0.1, -0.05) is 6.92 Å². The lowest BCUT2D eigenvalue weighted by Gasteiger charge is -2.03. The average molecular weight is 176 g/mol. The van der Waals surface area contributed by atoms with E-state index in [-0.39, 0.29) is 5.25 Å². The van der Waals surface area contributed by atoms with Gasteiger partial charge >= 0.3 is 0 Å². The molecular weight excluding hydrogens is 160 g/mol. The largest absolute Gasteiger partial charge is 0.387 e. The SMILES string of the molecule is CCC(N)=NCC(C)S(C)=O. The van der Waals surface area contributed by atoms with Crippen molar-refractivity contribution >= 4 is 16.6 Å². The second kappa shape index (κ2) is 5.29. The van der Waals surface area contributed by atoms with Crippen LogP contribution in [0.5, 0.6) is 0 Å². The Balaban J connectivity index is 3.78. The molecule has 0 aromatic carbocycles. The van der Waals surface area contributed by atoms with Gasteiger partial charge < -0.3 is 5.73 Å². The van der Waals surface area contributed by atoms with Gasteiger partial charge in [-0.3, -0.25) is 9.20 Å². The molecule has 2 atom stereocenters. The fraction of sp³-hybridized carbons (Fsp3) is 0.857. The fourth-order valence-electron chi connectivity index (χ4n) is 0.463. The monoisotopic (exact) mass is 176 g/mol. The number of hydrogen-bond donors (Lipinski definition) is 1. The van der Waals surface area contributed by atoms with Crippen LogP contribution in [0, 0.1) is 0 Å². The molecule has 0 saturated heterocycles. The van der Waals surface area contributed by atoms with Gasteiger partial charge in [0.1, 0.15) is 0 Å².